The number of aryl methyl sites for hydroxylation is 1. The van der Waals surface area contributed by atoms with Crippen LogP contribution in [0.4, 0.5) is 0 Å². The maximum atomic E-state index is 12.5. The molecule has 0 bridgehead atoms. The quantitative estimate of drug-likeness (QED) is 0.516. The van der Waals surface area contributed by atoms with Crippen molar-refractivity contribution in [2.45, 2.75) is 26.7 Å². The molecule has 0 saturated carbocycles. The summed E-state index contributed by atoms with van der Waals surface area (Å²) in [4.78, 5) is 25.0. The Morgan fingerprint density at radius 1 is 1.09 bits per heavy atom. The SMILES string of the molecule is CCCC(=O)c1c(-c2ccccc2)c2ccc(C)cc2oc1=O. The molecule has 0 N–H and O–H groups in total. The van der Waals surface area contributed by atoms with Crippen molar-refractivity contribution in [2.75, 3.05) is 0 Å². The number of benzene rings is 2. The third-order valence-corrected chi connectivity index (χ3v) is 3.88. The van der Waals surface area contributed by atoms with Crippen LogP contribution in [0.25, 0.3) is 22.1 Å². The van der Waals surface area contributed by atoms with E-state index in [9.17, 15) is 9.59 Å². The molecule has 3 heteroatoms. The first-order valence-corrected chi connectivity index (χ1v) is 7.78. The van der Waals surface area contributed by atoms with Crippen LogP contribution in [0.2, 0.25) is 0 Å². The summed E-state index contributed by atoms with van der Waals surface area (Å²) in [6.45, 7) is 3.86. The number of Topliss-reactive ketones (excluding diaryl/α,β-unsaturated/α-hetero) is 1. The number of fused-ring (bicyclic) bond motifs is 1. The van der Waals surface area contributed by atoms with Gasteiger partial charge in [0.1, 0.15) is 11.1 Å². The third-order valence-electron chi connectivity index (χ3n) is 3.88. The van der Waals surface area contributed by atoms with E-state index in [2.05, 4.69) is 0 Å². The van der Waals surface area contributed by atoms with Gasteiger partial charge in [0.05, 0.1) is 0 Å². The van der Waals surface area contributed by atoms with E-state index >= 15 is 0 Å². The predicted molar refractivity (Wildman–Crippen MR) is 91.9 cm³/mol. The molecule has 0 atom stereocenters. The fraction of sp³-hybridized carbons (Fsp3) is 0.200. The Balaban J connectivity index is 2.42. The molecule has 0 aliphatic carbocycles. The smallest absolute Gasteiger partial charge is 0.347 e. The molecule has 116 valence electrons. The van der Waals surface area contributed by atoms with Crippen LogP contribution in [0.3, 0.4) is 0 Å². The lowest BCUT2D eigenvalue weighted by atomic mass is 9.93. The fourth-order valence-corrected chi connectivity index (χ4v) is 2.82. The zero-order valence-electron chi connectivity index (χ0n) is 13.3. The molecule has 1 heterocycles. The topological polar surface area (TPSA) is 47.3 Å². The minimum atomic E-state index is -0.555. The van der Waals surface area contributed by atoms with Gasteiger partial charge in [-0.2, -0.15) is 0 Å². The maximum absolute atomic E-state index is 12.5. The second-order valence-corrected chi connectivity index (χ2v) is 5.68. The van der Waals surface area contributed by atoms with Crippen molar-refractivity contribution >= 4 is 16.8 Å². The molecule has 3 aromatic rings. The van der Waals surface area contributed by atoms with Gasteiger partial charge >= 0.3 is 5.63 Å². The molecule has 0 radical (unpaired) electrons. The Kier molecular flexibility index (Phi) is 4.11. The van der Waals surface area contributed by atoms with Crippen LogP contribution in [-0.4, -0.2) is 5.78 Å². The summed E-state index contributed by atoms with van der Waals surface area (Å²) in [6.07, 6.45) is 1.03. The Hall–Kier alpha value is -2.68. The summed E-state index contributed by atoms with van der Waals surface area (Å²) in [7, 11) is 0. The van der Waals surface area contributed by atoms with Crippen molar-refractivity contribution in [3.8, 4) is 11.1 Å². The van der Waals surface area contributed by atoms with E-state index in [0.29, 0.717) is 24.0 Å². The van der Waals surface area contributed by atoms with E-state index < -0.39 is 5.63 Å². The van der Waals surface area contributed by atoms with Gasteiger partial charge in [0, 0.05) is 17.4 Å². The van der Waals surface area contributed by atoms with Crippen LogP contribution >= 0.6 is 0 Å². The molecule has 0 fully saturated rings. The van der Waals surface area contributed by atoms with Gasteiger partial charge in [-0.05, 0) is 30.5 Å². The molecular formula is C20H18O3. The van der Waals surface area contributed by atoms with Gasteiger partial charge < -0.3 is 4.42 Å². The number of carbonyl (C=O) groups excluding carboxylic acids is 1. The Morgan fingerprint density at radius 3 is 2.52 bits per heavy atom. The van der Waals surface area contributed by atoms with Crippen LogP contribution in [-0.2, 0) is 0 Å². The van der Waals surface area contributed by atoms with Crippen LogP contribution in [0.5, 0.6) is 0 Å². The molecule has 0 spiro atoms. The minimum Gasteiger partial charge on any atom is -0.422 e. The van der Waals surface area contributed by atoms with Crippen molar-refractivity contribution in [1.82, 2.24) is 0 Å². The highest BCUT2D eigenvalue weighted by atomic mass is 16.4. The van der Waals surface area contributed by atoms with Gasteiger partial charge in [0.25, 0.3) is 0 Å². The molecule has 0 amide bonds. The molecule has 0 saturated heterocycles. The largest absolute Gasteiger partial charge is 0.422 e. The lowest BCUT2D eigenvalue weighted by Crippen LogP contribution is -2.16. The first-order chi connectivity index (χ1) is 11.1. The highest BCUT2D eigenvalue weighted by Crippen LogP contribution is 2.31. The summed E-state index contributed by atoms with van der Waals surface area (Å²) < 4.78 is 5.43. The van der Waals surface area contributed by atoms with E-state index in [-0.39, 0.29) is 11.3 Å². The molecule has 3 rings (SSSR count). The molecule has 0 aliphatic heterocycles. The van der Waals surface area contributed by atoms with Crippen molar-refractivity contribution < 1.29 is 9.21 Å². The molecule has 23 heavy (non-hydrogen) atoms. The highest BCUT2D eigenvalue weighted by molar-refractivity contribution is 6.08. The van der Waals surface area contributed by atoms with Gasteiger partial charge in [-0.3, -0.25) is 4.79 Å². The van der Waals surface area contributed by atoms with E-state index in [1.807, 2.05) is 62.4 Å². The van der Waals surface area contributed by atoms with Gasteiger partial charge in [-0.1, -0.05) is 49.4 Å². The second-order valence-electron chi connectivity index (χ2n) is 5.68. The van der Waals surface area contributed by atoms with E-state index in [1.54, 1.807) is 0 Å². The summed E-state index contributed by atoms with van der Waals surface area (Å²) in [5, 5.41) is 0.792. The van der Waals surface area contributed by atoms with Gasteiger partial charge in [-0.15, -0.1) is 0 Å². The lowest BCUT2D eigenvalue weighted by molar-refractivity contribution is 0.0979. The van der Waals surface area contributed by atoms with Gasteiger partial charge in [-0.25, -0.2) is 4.79 Å². The molecule has 1 aromatic heterocycles. The molecular weight excluding hydrogens is 288 g/mol. The van der Waals surface area contributed by atoms with Crippen molar-refractivity contribution in [3.05, 3.63) is 70.1 Å². The summed E-state index contributed by atoms with van der Waals surface area (Å²) >= 11 is 0. The van der Waals surface area contributed by atoms with Crippen molar-refractivity contribution in [3.63, 3.8) is 0 Å². The number of ketones is 1. The van der Waals surface area contributed by atoms with E-state index in [0.717, 1.165) is 16.5 Å². The Morgan fingerprint density at radius 2 is 1.83 bits per heavy atom. The molecule has 3 nitrogen and oxygen atoms in total. The monoisotopic (exact) mass is 306 g/mol. The maximum Gasteiger partial charge on any atom is 0.347 e. The highest BCUT2D eigenvalue weighted by Gasteiger charge is 2.21. The van der Waals surface area contributed by atoms with Gasteiger partial charge in [0.15, 0.2) is 5.78 Å². The van der Waals surface area contributed by atoms with Crippen LogP contribution in [0, 0.1) is 6.92 Å². The standard InChI is InChI=1S/C20H18O3/c1-3-7-16(21)19-18(14-8-5-4-6-9-14)15-11-10-13(2)12-17(15)23-20(19)22/h4-6,8-12H,3,7H2,1-2H3. The number of rotatable bonds is 4. The number of hydrogen-bond acceptors (Lipinski definition) is 3. The first-order valence-electron chi connectivity index (χ1n) is 7.78. The zero-order chi connectivity index (χ0) is 16.4. The summed E-state index contributed by atoms with van der Waals surface area (Å²) in [5.41, 5.74) is 2.66. The van der Waals surface area contributed by atoms with Crippen LogP contribution < -0.4 is 5.63 Å². The second kappa shape index (κ2) is 6.21. The van der Waals surface area contributed by atoms with Gasteiger partial charge in [0.2, 0.25) is 0 Å². The normalized spacial score (nSPS) is 10.9. The molecule has 0 unspecified atom stereocenters. The summed E-state index contributed by atoms with van der Waals surface area (Å²) in [6, 6.07) is 15.2. The van der Waals surface area contributed by atoms with Crippen molar-refractivity contribution in [1.29, 1.82) is 0 Å². The average molecular weight is 306 g/mol. The number of carbonyl (C=O) groups is 1. The molecule has 2 aromatic carbocycles. The predicted octanol–water partition coefficient (Wildman–Crippen LogP) is 4.75. The van der Waals surface area contributed by atoms with E-state index in [1.165, 1.54) is 0 Å². The Labute approximate surface area is 134 Å². The lowest BCUT2D eigenvalue weighted by Gasteiger charge is -2.11. The fourth-order valence-electron chi connectivity index (χ4n) is 2.82. The van der Waals surface area contributed by atoms with Crippen molar-refractivity contribution in [2.24, 2.45) is 0 Å². The molecule has 0 aliphatic rings. The first kappa shape index (κ1) is 15.2. The summed E-state index contributed by atoms with van der Waals surface area (Å²) in [5.74, 6) is -0.164. The number of hydrogen-bond donors (Lipinski definition) is 0. The third kappa shape index (κ3) is 2.82. The minimum absolute atomic E-state index is 0.161. The van der Waals surface area contributed by atoms with Crippen LogP contribution in [0.15, 0.2) is 57.7 Å². The Bertz CT molecular complexity index is 921. The average Bonchev–Trinajstić information content (AvgIpc) is 2.54. The zero-order valence-corrected chi connectivity index (χ0v) is 13.3. The van der Waals surface area contributed by atoms with E-state index in [4.69, 9.17) is 4.42 Å². The van der Waals surface area contributed by atoms with Crippen LogP contribution in [0.1, 0.15) is 35.7 Å².